The molecule has 1 aromatic heterocycles. The van der Waals surface area contributed by atoms with Gasteiger partial charge in [-0.3, -0.25) is 19.1 Å². The van der Waals surface area contributed by atoms with Gasteiger partial charge in [-0.15, -0.1) is 0 Å². The summed E-state index contributed by atoms with van der Waals surface area (Å²) in [6, 6.07) is 14.7. The van der Waals surface area contributed by atoms with Gasteiger partial charge >= 0.3 is 0 Å². The average molecular weight is 490 g/mol. The molecule has 10 heteroatoms. The smallest absolute Gasteiger partial charge is 0.276 e. The van der Waals surface area contributed by atoms with Crippen LogP contribution in [0.5, 0.6) is 11.5 Å². The van der Waals surface area contributed by atoms with Crippen molar-refractivity contribution < 1.29 is 23.9 Å². The molecule has 0 saturated carbocycles. The number of ether oxygens (including phenoxy) is 2. The second-order valence-electron chi connectivity index (χ2n) is 8.75. The predicted octanol–water partition coefficient (Wildman–Crippen LogP) is 2.38. The third-order valence-corrected chi connectivity index (χ3v) is 6.33. The number of aryl methyl sites for hydroxylation is 1. The highest BCUT2D eigenvalue weighted by Crippen LogP contribution is 2.32. The van der Waals surface area contributed by atoms with E-state index in [1.807, 2.05) is 36.4 Å². The number of para-hydroxylation sites is 1. The number of carbonyl (C=O) groups excluding carboxylic acids is 3. The molecule has 2 aliphatic heterocycles. The summed E-state index contributed by atoms with van der Waals surface area (Å²) in [5, 5.41) is 10.1. The Bertz CT molecular complexity index is 1300. The molecule has 36 heavy (non-hydrogen) atoms. The van der Waals surface area contributed by atoms with Crippen molar-refractivity contribution in [3.8, 4) is 11.5 Å². The van der Waals surface area contributed by atoms with Gasteiger partial charge < -0.3 is 25.0 Å². The predicted molar refractivity (Wildman–Crippen MR) is 130 cm³/mol. The molecule has 0 spiro atoms. The van der Waals surface area contributed by atoms with Gasteiger partial charge in [-0.2, -0.15) is 5.10 Å². The number of carbonyl (C=O) groups is 3. The second kappa shape index (κ2) is 10.1. The van der Waals surface area contributed by atoms with E-state index in [1.54, 1.807) is 28.8 Å². The molecule has 0 unspecified atom stereocenters. The SMILES string of the molecule is Cn1nc(C(=O)Nc2ccccc2)c2c1CCN(C(=O)CCC(=O)NCc1ccc3c(c1)OCO3)C2. The average Bonchev–Trinajstić information content (AvgIpc) is 3.50. The topological polar surface area (TPSA) is 115 Å². The lowest BCUT2D eigenvalue weighted by atomic mass is 10.0. The van der Waals surface area contributed by atoms with Gasteiger partial charge in [0.25, 0.3) is 5.91 Å². The van der Waals surface area contributed by atoms with Crippen molar-refractivity contribution >= 4 is 23.4 Å². The number of aromatic nitrogens is 2. The maximum atomic E-state index is 12.9. The molecule has 186 valence electrons. The number of nitrogens with zero attached hydrogens (tertiary/aromatic N) is 3. The standard InChI is InChI=1S/C26H27N5O5/c1-30-20-11-12-31(15-19(20)25(29-30)26(34)28-18-5-3-2-4-6-18)24(33)10-9-23(32)27-14-17-7-8-21-22(13-17)36-16-35-21/h2-8,13H,9-12,14-16H2,1H3,(H,27,32)(H,28,34). The van der Waals surface area contributed by atoms with Crippen molar-refractivity contribution in [3.63, 3.8) is 0 Å². The molecule has 2 aliphatic rings. The zero-order valence-electron chi connectivity index (χ0n) is 20.0. The van der Waals surface area contributed by atoms with Crippen molar-refractivity contribution in [2.75, 3.05) is 18.7 Å². The summed E-state index contributed by atoms with van der Waals surface area (Å²) in [5.41, 5.74) is 3.57. The third-order valence-electron chi connectivity index (χ3n) is 6.33. The number of amides is 3. The lowest BCUT2D eigenvalue weighted by molar-refractivity contribution is -0.134. The van der Waals surface area contributed by atoms with Crippen molar-refractivity contribution in [2.45, 2.75) is 32.4 Å². The number of anilines is 1. The molecule has 5 rings (SSSR count). The van der Waals surface area contributed by atoms with Gasteiger partial charge in [-0.1, -0.05) is 24.3 Å². The van der Waals surface area contributed by atoms with Crippen LogP contribution in [0.2, 0.25) is 0 Å². The summed E-state index contributed by atoms with van der Waals surface area (Å²) in [7, 11) is 1.81. The van der Waals surface area contributed by atoms with Crippen LogP contribution in [0.15, 0.2) is 48.5 Å². The molecule has 0 aliphatic carbocycles. The Morgan fingerprint density at radius 3 is 2.67 bits per heavy atom. The Morgan fingerprint density at radius 2 is 1.83 bits per heavy atom. The lowest BCUT2D eigenvalue weighted by Gasteiger charge is -2.27. The first-order chi connectivity index (χ1) is 17.5. The van der Waals surface area contributed by atoms with Crippen LogP contribution in [0.1, 0.15) is 40.2 Å². The monoisotopic (exact) mass is 489 g/mol. The molecular weight excluding hydrogens is 462 g/mol. The normalized spacial score (nSPS) is 13.8. The van der Waals surface area contributed by atoms with Crippen LogP contribution in [0.25, 0.3) is 0 Å². The highest BCUT2D eigenvalue weighted by Gasteiger charge is 2.29. The Balaban J connectivity index is 1.15. The molecule has 0 atom stereocenters. The van der Waals surface area contributed by atoms with Crippen LogP contribution in [-0.4, -0.2) is 45.7 Å². The van der Waals surface area contributed by atoms with E-state index in [0.717, 1.165) is 16.8 Å². The molecule has 10 nitrogen and oxygen atoms in total. The summed E-state index contributed by atoms with van der Waals surface area (Å²) < 4.78 is 12.4. The van der Waals surface area contributed by atoms with Crippen LogP contribution >= 0.6 is 0 Å². The van der Waals surface area contributed by atoms with Gasteiger partial charge in [0.1, 0.15) is 0 Å². The highest BCUT2D eigenvalue weighted by atomic mass is 16.7. The Morgan fingerprint density at radius 1 is 1.03 bits per heavy atom. The summed E-state index contributed by atoms with van der Waals surface area (Å²) >= 11 is 0. The van der Waals surface area contributed by atoms with Gasteiger partial charge in [0.2, 0.25) is 18.6 Å². The van der Waals surface area contributed by atoms with Crippen LogP contribution in [0.4, 0.5) is 5.69 Å². The summed E-state index contributed by atoms with van der Waals surface area (Å²) in [6.07, 6.45) is 0.773. The van der Waals surface area contributed by atoms with Crippen molar-refractivity contribution in [1.29, 1.82) is 0 Å². The molecule has 2 aromatic carbocycles. The van der Waals surface area contributed by atoms with E-state index in [-0.39, 0.29) is 37.4 Å². The minimum Gasteiger partial charge on any atom is -0.454 e. The Labute approximate surface area is 208 Å². The number of fused-ring (bicyclic) bond motifs is 2. The van der Waals surface area contributed by atoms with Crippen molar-refractivity contribution in [2.24, 2.45) is 7.05 Å². The van der Waals surface area contributed by atoms with Gasteiger partial charge in [0.15, 0.2) is 17.2 Å². The molecule has 0 radical (unpaired) electrons. The third kappa shape index (κ3) is 5.02. The summed E-state index contributed by atoms with van der Waals surface area (Å²) in [6.45, 7) is 1.35. The van der Waals surface area contributed by atoms with E-state index in [4.69, 9.17) is 9.47 Å². The minimum absolute atomic E-state index is 0.0845. The Hall–Kier alpha value is -4.34. The van der Waals surface area contributed by atoms with Crippen molar-refractivity contribution in [1.82, 2.24) is 20.0 Å². The van der Waals surface area contributed by atoms with E-state index < -0.39 is 0 Å². The minimum atomic E-state index is -0.310. The number of hydrogen-bond donors (Lipinski definition) is 2. The molecular formula is C26H27N5O5. The van der Waals surface area contributed by atoms with Gasteiger partial charge in [-0.25, -0.2) is 0 Å². The summed E-state index contributed by atoms with van der Waals surface area (Å²) in [5.74, 6) is 0.707. The van der Waals surface area contributed by atoms with E-state index >= 15 is 0 Å². The van der Waals surface area contributed by atoms with Crippen LogP contribution in [0.3, 0.4) is 0 Å². The zero-order chi connectivity index (χ0) is 25.1. The fraction of sp³-hybridized carbons (Fsp3) is 0.308. The lowest BCUT2D eigenvalue weighted by Crippen LogP contribution is -2.37. The molecule has 3 amide bonds. The maximum absolute atomic E-state index is 12.9. The molecule has 0 saturated heterocycles. The van der Waals surface area contributed by atoms with Gasteiger partial charge in [-0.05, 0) is 29.8 Å². The van der Waals surface area contributed by atoms with Crippen molar-refractivity contribution in [3.05, 3.63) is 71.0 Å². The first kappa shape index (κ1) is 23.4. The van der Waals surface area contributed by atoms with Crippen LogP contribution in [-0.2, 0) is 36.1 Å². The largest absolute Gasteiger partial charge is 0.454 e. The van der Waals surface area contributed by atoms with Crippen LogP contribution < -0.4 is 20.1 Å². The molecule has 2 N–H and O–H groups in total. The van der Waals surface area contributed by atoms with Crippen LogP contribution in [0, 0.1) is 0 Å². The maximum Gasteiger partial charge on any atom is 0.276 e. The second-order valence-corrected chi connectivity index (χ2v) is 8.75. The molecule has 0 fully saturated rings. The quantitative estimate of drug-likeness (QED) is 0.527. The number of hydrogen-bond acceptors (Lipinski definition) is 6. The molecule has 3 aromatic rings. The summed E-state index contributed by atoms with van der Waals surface area (Å²) in [4.78, 5) is 39.8. The Kier molecular flexibility index (Phi) is 6.57. The fourth-order valence-electron chi connectivity index (χ4n) is 4.42. The number of benzene rings is 2. The zero-order valence-corrected chi connectivity index (χ0v) is 20.0. The van der Waals surface area contributed by atoms with Gasteiger partial charge in [0.05, 0.1) is 0 Å². The van der Waals surface area contributed by atoms with E-state index in [2.05, 4.69) is 15.7 Å². The van der Waals surface area contributed by atoms with Gasteiger partial charge in [0, 0.05) is 62.9 Å². The highest BCUT2D eigenvalue weighted by molar-refractivity contribution is 6.04. The first-order valence-electron chi connectivity index (χ1n) is 11.8. The fourth-order valence-corrected chi connectivity index (χ4v) is 4.42. The first-order valence-corrected chi connectivity index (χ1v) is 11.8. The molecule has 3 heterocycles. The van der Waals surface area contributed by atoms with E-state index in [1.165, 1.54) is 0 Å². The number of rotatable bonds is 7. The van der Waals surface area contributed by atoms with E-state index in [9.17, 15) is 14.4 Å². The molecule has 0 bridgehead atoms. The number of nitrogens with one attached hydrogen (secondary N) is 2. The van der Waals surface area contributed by atoms with E-state index in [0.29, 0.717) is 48.9 Å².